The number of aliphatic carboxylic acids is 1. The summed E-state index contributed by atoms with van der Waals surface area (Å²) >= 11 is 1.10. The van der Waals surface area contributed by atoms with Crippen molar-refractivity contribution < 1.29 is 23.1 Å². The van der Waals surface area contributed by atoms with Crippen LogP contribution in [0.4, 0.5) is 5.69 Å². The highest BCUT2D eigenvalue weighted by atomic mass is 32.2. The second-order valence-corrected chi connectivity index (χ2v) is 11.2. The number of aromatic nitrogens is 1. The van der Waals surface area contributed by atoms with Crippen molar-refractivity contribution in [2.45, 2.75) is 50.1 Å². The number of carboxylic acid groups (broad SMARTS) is 1. The van der Waals surface area contributed by atoms with E-state index in [1.165, 1.54) is 22.1 Å². The van der Waals surface area contributed by atoms with Crippen LogP contribution in [0.1, 0.15) is 42.5 Å². The summed E-state index contributed by atoms with van der Waals surface area (Å²) in [7, 11) is -3.85. The number of ether oxygens (including phenoxy) is 1. The number of thiazole rings is 1. The van der Waals surface area contributed by atoms with Crippen molar-refractivity contribution in [1.82, 2.24) is 4.98 Å². The second-order valence-electron chi connectivity index (χ2n) is 8.34. The molecule has 0 aliphatic heterocycles. The average Bonchev–Trinajstić information content (AvgIpc) is 3.48. The van der Waals surface area contributed by atoms with Crippen molar-refractivity contribution in [1.29, 1.82) is 0 Å². The van der Waals surface area contributed by atoms with E-state index in [-0.39, 0.29) is 17.0 Å². The minimum absolute atomic E-state index is 0.0534. The van der Waals surface area contributed by atoms with Crippen LogP contribution in [0.2, 0.25) is 0 Å². The molecule has 1 aliphatic rings. The van der Waals surface area contributed by atoms with Gasteiger partial charge in [0, 0.05) is 23.7 Å². The summed E-state index contributed by atoms with van der Waals surface area (Å²) in [5.41, 5.74) is 4.51. The van der Waals surface area contributed by atoms with Gasteiger partial charge in [-0.25, -0.2) is 9.78 Å². The SMILES string of the molecule is CC(C)N(c1cc2c(cc1OCc1ccc(C=CC(=O)O)cc1)CCC2)S(=O)(=O)c1nccs1. The molecule has 2 aromatic carbocycles. The van der Waals surface area contributed by atoms with E-state index in [0.29, 0.717) is 11.4 Å². The molecule has 1 aromatic heterocycles. The molecule has 0 bridgehead atoms. The van der Waals surface area contributed by atoms with Gasteiger partial charge in [0.2, 0.25) is 4.34 Å². The maximum absolute atomic E-state index is 13.5. The molecule has 0 amide bonds. The fourth-order valence-corrected chi connectivity index (χ4v) is 6.61. The van der Waals surface area contributed by atoms with Gasteiger partial charge < -0.3 is 9.84 Å². The lowest BCUT2D eigenvalue weighted by atomic mass is 10.1. The molecule has 4 rings (SSSR count). The molecule has 1 aliphatic carbocycles. The molecule has 34 heavy (non-hydrogen) atoms. The Bertz CT molecular complexity index is 1300. The molecule has 0 atom stereocenters. The maximum Gasteiger partial charge on any atom is 0.328 e. The predicted octanol–water partition coefficient (Wildman–Crippen LogP) is 4.91. The summed E-state index contributed by atoms with van der Waals surface area (Å²) in [6, 6.07) is 10.9. The lowest BCUT2D eigenvalue weighted by Gasteiger charge is -2.29. The summed E-state index contributed by atoms with van der Waals surface area (Å²) in [6.07, 6.45) is 6.99. The van der Waals surface area contributed by atoms with Crippen LogP contribution in [0.15, 0.2) is 58.4 Å². The van der Waals surface area contributed by atoms with Crippen molar-refractivity contribution in [2.24, 2.45) is 0 Å². The van der Waals surface area contributed by atoms with Gasteiger partial charge in [0.1, 0.15) is 12.4 Å². The monoisotopic (exact) mass is 498 g/mol. The molecule has 7 nitrogen and oxygen atoms in total. The molecule has 0 unspecified atom stereocenters. The predicted molar refractivity (Wildman–Crippen MR) is 133 cm³/mol. The third-order valence-electron chi connectivity index (χ3n) is 5.56. The molecule has 178 valence electrons. The molecular formula is C25H26N2O5S2. The van der Waals surface area contributed by atoms with Crippen LogP contribution in [-0.2, 0) is 34.3 Å². The molecule has 0 radical (unpaired) electrons. The van der Waals surface area contributed by atoms with Crippen LogP contribution < -0.4 is 9.04 Å². The van der Waals surface area contributed by atoms with Gasteiger partial charge in [-0.05, 0) is 73.6 Å². The maximum atomic E-state index is 13.5. The molecule has 9 heteroatoms. The number of nitrogens with zero attached hydrogens (tertiary/aromatic N) is 2. The lowest BCUT2D eigenvalue weighted by Crippen LogP contribution is -2.37. The third kappa shape index (κ3) is 5.15. The Hall–Kier alpha value is -3.17. The fourth-order valence-electron chi connectivity index (χ4n) is 4.04. The van der Waals surface area contributed by atoms with E-state index in [2.05, 4.69) is 4.98 Å². The van der Waals surface area contributed by atoms with Gasteiger partial charge in [-0.2, -0.15) is 8.42 Å². The van der Waals surface area contributed by atoms with Gasteiger partial charge in [0.15, 0.2) is 0 Å². The number of aryl methyl sites for hydroxylation is 2. The molecule has 1 heterocycles. The number of carboxylic acids is 1. The molecule has 3 aromatic rings. The summed E-state index contributed by atoms with van der Waals surface area (Å²) in [5.74, 6) is -0.483. The van der Waals surface area contributed by atoms with Gasteiger partial charge in [0.05, 0.1) is 5.69 Å². The zero-order valence-corrected chi connectivity index (χ0v) is 20.6. The zero-order valence-electron chi connectivity index (χ0n) is 19.0. The molecule has 0 spiro atoms. The minimum Gasteiger partial charge on any atom is -0.487 e. The first-order valence-electron chi connectivity index (χ1n) is 11.0. The Morgan fingerprint density at radius 3 is 2.53 bits per heavy atom. The minimum atomic E-state index is -3.85. The number of sulfonamides is 1. The van der Waals surface area contributed by atoms with Crippen molar-refractivity contribution in [3.8, 4) is 5.75 Å². The van der Waals surface area contributed by atoms with Crippen LogP contribution in [-0.4, -0.2) is 30.5 Å². The number of hydrogen-bond acceptors (Lipinski definition) is 6. The molecule has 1 N–H and O–H groups in total. The smallest absolute Gasteiger partial charge is 0.328 e. The first-order valence-corrected chi connectivity index (χ1v) is 13.3. The van der Waals surface area contributed by atoms with Gasteiger partial charge in [-0.15, -0.1) is 11.3 Å². The number of anilines is 1. The summed E-state index contributed by atoms with van der Waals surface area (Å²) < 4.78 is 34.6. The lowest BCUT2D eigenvalue weighted by molar-refractivity contribution is -0.131. The van der Waals surface area contributed by atoms with E-state index in [4.69, 9.17) is 9.84 Å². The van der Waals surface area contributed by atoms with E-state index in [0.717, 1.165) is 53.4 Å². The first kappa shape index (κ1) is 24.0. The van der Waals surface area contributed by atoms with E-state index in [1.54, 1.807) is 5.38 Å². The third-order valence-corrected chi connectivity index (χ3v) is 8.73. The van der Waals surface area contributed by atoms with Crippen LogP contribution in [0.3, 0.4) is 0 Å². The summed E-state index contributed by atoms with van der Waals surface area (Å²) in [5, 5.41) is 10.4. The summed E-state index contributed by atoms with van der Waals surface area (Å²) in [6.45, 7) is 3.93. The van der Waals surface area contributed by atoms with E-state index in [9.17, 15) is 13.2 Å². The van der Waals surface area contributed by atoms with Crippen LogP contribution in [0, 0.1) is 0 Å². The normalized spacial score (nSPS) is 13.4. The van der Waals surface area contributed by atoms with Gasteiger partial charge in [-0.3, -0.25) is 4.31 Å². The highest BCUT2D eigenvalue weighted by Crippen LogP contribution is 2.39. The molecule has 0 saturated heterocycles. The Morgan fingerprint density at radius 1 is 1.21 bits per heavy atom. The van der Waals surface area contributed by atoms with Gasteiger partial charge in [-0.1, -0.05) is 24.3 Å². The Morgan fingerprint density at radius 2 is 1.91 bits per heavy atom. The summed E-state index contributed by atoms with van der Waals surface area (Å²) in [4.78, 5) is 14.8. The van der Waals surface area contributed by atoms with Crippen LogP contribution in [0.25, 0.3) is 6.08 Å². The first-order chi connectivity index (χ1) is 16.3. The fraction of sp³-hybridized carbons (Fsp3) is 0.280. The number of fused-ring (bicyclic) bond motifs is 1. The molecule has 0 fully saturated rings. The highest BCUT2D eigenvalue weighted by Gasteiger charge is 2.33. The number of carbonyl (C=O) groups is 1. The second kappa shape index (κ2) is 9.99. The quantitative estimate of drug-likeness (QED) is 0.421. The van der Waals surface area contributed by atoms with E-state index in [1.807, 2.05) is 50.2 Å². The zero-order chi connectivity index (χ0) is 24.3. The highest BCUT2D eigenvalue weighted by molar-refractivity contribution is 7.94. The van der Waals surface area contributed by atoms with Gasteiger partial charge in [0.25, 0.3) is 10.0 Å². The van der Waals surface area contributed by atoms with Crippen LogP contribution >= 0.6 is 11.3 Å². The Balaban J connectivity index is 1.66. The number of benzene rings is 2. The van der Waals surface area contributed by atoms with Crippen LogP contribution in [0.5, 0.6) is 5.75 Å². The van der Waals surface area contributed by atoms with Crippen molar-refractivity contribution >= 4 is 39.1 Å². The number of hydrogen-bond donors (Lipinski definition) is 1. The van der Waals surface area contributed by atoms with Crippen molar-refractivity contribution in [3.63, 3.8) is 0 Å². The van der Waals surface area contributed by atoms with E-state index < -0.39 is 16.0 Å². The Kier molecular flexibility index (Phi) is 7.04. The van der Waals surface area contributed by atoms with Crippen molar-refractivity contribution in [3.05, 3.63) is 76.3 Å². The Labute approximate surface area is 203 Å². The standard InChI is InChI=1S/C25H26N2O5S2/c1-17(2)27(34(30,31)25-26-12-13-33-25)22-14-20-4-3-5-21(20)15-23(22)32-16-19-8-6-18(7-9-19)10-11-24(28)29/h6-15,17H,3-5,16H2,1-2H3,(H,28,29). The number of rotatable bonds is 9. The molecule has 0 saturated carbocycles. The topological polar surface area (TPSA) is 96.8 Å². The van der Waals surface area contributed by atoms with E-state index >= 15 is 0 Å². The average molecular weight is 499 g/mol. The largest absolute Gasteiger partial charge is 0.487 e. The molecular weight excluding hydrogens is 472 g/mol. The van der Waals surface area contributed by atoms with Crippen molar-refractivity contribution in [2.75, 3.05) is 4.31 Å². The van der Waals surface area contributed by atoms with Gasteiger partial charge >= 0.3 is 5.97 Å².